The van der Waals surface area contributed by atoms with Crippen molar-refractivity contribution in [1.82, 2.24) is 9.55 Å². The number of aromatic nitrogens is 2. The number of amides is 1. The summed E-state index contributed by atoms with van der Waals surface area (Å²) in [5.74, 6) is -0.330. The minimum atomic E-state index is -0.330. The molecule has 0 fully saturated rings. The lowest BCUT2D eigenvalue weighted by Crippen LogP contribution is -2.28. The van der Waals surface area contributed by atoms with E-state index in [0.29, 0.717) is 21.5 Å². The summed E-state index contributed by atoms with van der Waals surface area (Å²) in [6.07, 6.45) is 6.61. The first-order valence-electron chi connectivity index (χ1n) is 9.37. The number of thiophene rings is 1. The summed E-state index contributed by atoms with van der Waals surface area (Å²) in [7, 11) is 0. The molecule has 7 heteroatoms. The van der Waals surface area contributed by atoms with Crippen LogP contribution in [0, 0.1) is 18.3 Å². The van der Waals surface area contributed by atoms with Crippen molar-refractivity contribution in [3.63, 3.8) is 0 Å². The fraction of sp³-hybridized carbons (Fsp3) is 0.333. The van der Waals surface area contributed by atoms with E-state index in [4.69, 9.17) is 0 Å². The number of carbonyl (C=O) groups is 1. The van der Waals surface area contributed by atoms with E-state index in [2.05, 4.69) is 16.4 Å². The van der Waals surface area contributed by atoms with Crippen LogP contribution in [0.25, 0.3) is 10.9 Å². The second-order valence-corrected chi connectivity index (χ2v) is 8.18. The Kier molecular flexibility index (Phi) is 4.97. The summed E-state index contributed by atoms with van der Waals surface area (Å²) in [5.41, 5.74) is 2.99. The summed E-state index contributed by atoms with van der Waals surface area (Å²) in [6, 6.07) is 7.68. The monoisotopic (exact) mass is 392 g/mol. The minimum absolute atomic E-state index is 0.136. The number of benzene rings is 1. The summed E-state index contributed by atoms with van der Waals surface area (Å²) in [4.78, 5) is 30.8. The average Bonchev–Trinajstić information content (AvgIpc) is 2.84. The van der Waals surface area contributed by atoms with Crippen LogP contribution in [0.3, 0.4) is 0 Å². The third-order valence-electron chi connectivity index (χ3n) is 5.16. The standard InChI is InChI=1S/C21H20N4O2S/c1-13-6-5-8-15-19(13)23-12-25(21(15)27)11-18(26)24-20-16(10-22)14-7-3-2-4-9-17(14)28-20/h5-6,8,12H,2-4,7,9,11H2,1H3,(H,24,26). The maximum absolute atomic E-state index is 12.7. The van der Waals surface area contributed by atoms with Gasteiger partial charge in [0.25, 0.3) is 5.56 Å². The van der Waals surface area contributed by atoms with Gasteiger partial charge in [-0.1, -0.05) is 18.6 Å². The molecule has 0 radical (unpaired) electrons. The molecule has 2 heterocycles. The summed E-state index contributed by atoms with van der Waals surface area (Å²) in [6.45, 7) is 1.76. The maximum Gasteiger partial charge on any atom is 0.261 e. The molecular weight excluding hydrogens is 372 g/mol. The lowest BCUT2D eigenvalue weighted by molar-refractivity contribution is -0.116. The smallest absolute Gasteiger partial charge is 0.261 e. The van der Waals surface area contributed by atoms with Gasteiger partial charge >= 0.3 is 0 Å². The molecule has 28 heavy (non-hydrogen) atoms. The molecule has 0 aliphatic heterocycles. The molecule has 0 saturated carbocycles. The van der Waals surface area contributed by atoms with E-state index in [1.807, 2.05) is 19.1 Å². The van der Waals surface area contributed by atoms with E-state index in [-0.39, 0.29) is 18.0 Å². The zero-order chi connectivity index (χ0) is 19.7. The second kappa shape index (κ2) is 7.56. The van der Waals surface area contributed by atoms with Crippen molar-refractivity contribution >= 4 is 33.1 Å². The molecule has 0 bridgehead atoms. The topological polar surface area (TPSA) is 87.8 Å². The van der Waals surface area contributed by atoms with E-state index in [1.165, 1.54) is 33.5 Å². The van der Waals surface area contributed by atoms with Crippen LogP contribution >= 0.6 is 11.3 Å². The zero-order valence-electron chi connectivity index (χ0n) is 15.6. The third kappa shape index (κ3) is 3.32. The summed E-state index contributed by atoms with van der Waals surface area (Å²) < 4.78 is 1.31. The molecule has 0 spiro atoms. The van der Waals surface area contributed by atoms with Gasteiger partial charge in [0, 0.05) is 4.88 Å². The lowest BCUT2D eigenvalue weighted by Gasteiger charge is -2.08. The number of anilines is 1. The van der Waals surface area contributed by atoms with E-state index < -0.39 is 0 Å². The molecular formula is C21H20N4O2S. The van der Waals surface area contributed by atoms with E-state index in [1.54, 1.807) is 6.07 Å². The van der Waals surface area contributed by atoms with Gasteiger partial charge in [0.2, 0.25) is 5.91 Å². The Balaban J connectivity index is 1.59. The molecule has 2 aromatic heterocycles. The van der Waals surface area contributed by atoms with Crippen molar-refractivity contribution in [2.24, 2.45) is 0 Å². The van der Waals surface area contributed by atoms with Gasteiger partial charge in [-0.2, -0.15) is 5.26 Å². The van der Waals surface area contributed by atoms with Gasteiger partial charge in [0.15, 0.2) is 0 Å². The Morgan fingerprint density at radius 3 is 2.96 bits per heavy atom. The van der Waals surface area contributed by atoms with Gasteiger partial charge in [-0.3, -0.25) is 14.2 Å². The number of rotatable bonds is 3. The van der Waals surface area contributed by atoms with Crippen molar-refractivity contribution in [2.45, 2.75) is 45.6 Å². The number of fused-ring (bicyclic) bond motifs is 2. The van der Waals surface area contributed by atoms with Gasteiger partial charge in [0.1, 0.15) is 17.6 Å². The maximum atomic E-state index is 12.7. The molecule has 4 rings (SSSR count). The fourth-order valence-corrected chi connectivity index (χ4v) is 4.98. The highest BCUT2D eigenvalue weighted by Crippen LogP contribution is 2.36. The van der Waals surface area contributed by atoms with Gasteiger partial charge in [-0.05, 0) is 49.8 Å². The number of nitrogens with zero attached hydrogens (tertiary/aromatic N) is 3. The van der Waals surface area contributed by atoms with Crippen LogP contribution in [0.4, 0.5) is 5.00 Å². The van der Waals surface area contributed by atoms with Crippen LogP contribution < -0.4 is 10.9 Å². The van der Waals surface area contributed by atoms with Crippen LogP contribution in [0.15, 0.2) is 29.3 Å². The largest absolute Gasteiger partial charge is 0.315 e. The van der Waals surface area contributed by atoms with Crippen molar-refractivity contribution in [3.8, 4) is 6.07 Å². The molecule has 1 N–H and O–H groups in total. The minimum Gasteiger partial charge on any atom is -0.315 e. The Labute approximate surface area is 166 Å². The molecule has 1 amide bonds. The first kappa shape index (κ1) is 18.4. The molecule has 6 nitrogen and oxygen atoms in total. The Hall–Kier alpha value is -2.98. The Bertz CT molecular complexity index is 1170. The van der Waals surface area contributed by atoms with Crippen LogP contribution in [0.2, 0.25) is 0 Å². The first-order valence-corrected chi connectivity index (χ1v) is 10.2. The highest BCUT2D eigenvalue weighted by atomic mass is 32.1. The van der Waals surface area contributed by atoms with E-state index in [0.717, 1.165) is 36.8 Å². The summed E-state index contributed by atoms with van der Waals surface area (Å²) in [5, 5.41) is 13.5. The van der Waals surface area contributed by atoms with Gasteiger partial charge < -0.3 is 5.32 Å². The van der Waals surface area contributed by atoms with Crippen molar-refractivity contribution in [1.29, 1.82) is 5.26 Å². The number of nitriles is 1. The molecule has 0 saturated heterocycles. The fourth-order valence-electron chi connectivity index (χ4n) is 3.72. The normalized spacial score (nSPS) is 13.6. The number of nitrogens with one attached hydrogen (secondary N) is 1. The van der Waals surface area contributed by atoms with Gasteiger partial charge in [0.05, 0.1) is 22.8 Å². The number of hydrogen-bond acceptors (Lipinski definition) is 5. The van der Waals surface area contributed by atoms with Gasteiger partial charge in [-0.25, -0.2) is 4.98 Å². The molecule has 1 aromatic carbocycles. The highest BCUT2D eigenvalue weighted by molar-refractivity contribution is 7.16. The predicted octanol–water partition coefficient (Wildman–Crippen LogP) is 3.55. The third-order valence-corrected chi connectivity index (χ3v) is 6.36. The van der Waals surface area contributed by atoms with E-state index >= 15 is 0 Å². The van der Waals surface area contributed by atoms with Crippen molar-refractivity contribution in [3.05, 3.63) is 56.4 Å². The van der Waals surface area contributed by atoms with E-state index in [9.17, 15) is 14.9 Å². The average molecular weight is 392 g/mol. The van der Waals surface area contributed by atoms with Crippen LogP contribution in [0.1, 0.15) is 40.8 Å². The second-order valence-electron chi connectivity index (χ2n) is 7.08. The number of para-hydroxylation sites is 1. The molecule has 0 unspecified atom stereocenters. The number of hydrogen-bond donors (Lipinski definition) is 1. The quantitative estimate of drug-likeness (QED) is 0.691. The molecule has 1 aliphatic rings. The van der Waals surface area contributed by atoms with Crippen LogP contribution in [-0.4, -0.2) is 15.5 Å². The zero-order valence-corrected chi connectivity index (χ0v) is 16.4. The first-order chi connectivity index (χ1) is 13.6. The van der Waals surface area contributed by atoms with Crippen molar-refractivity contribution in [2.75, 3.05) is 5.32 Å². The lowest BCUT2D eigenvalue weighted by atomic mass is 10.1. The molecule has 0 atom stereocenters. The molecule has 142 valence electrons. The molecule has 1 aliphatic carbocycles. The summed E-state index contributed by atoms with van der Waals surface area (Å²) >= 11 is 1.49. The Morgan fingerprint density at radius 1 is 1.32 bits per heavy atom. The SMILES string of the molecule is Cc1cccc2c(=O)n(CC(=O)Nc3sc4c(c3C#N)CCCCC4)cnc12. The molecule has 3 aromatic rings. The van der Waals surface area contributed by atoms with Crippen LogP contribution in [-0.2, 0) is 24.2 Å². The Morgan fingerprint density at radius 2 is 2.14 bits per heavy atom. The van der Waals surface area contributed by atoms with Crippen LogP contribution in [0.5, 0.6) is 0 Å². The number of carbonyl (C=O) groups excluding carboxylic acids is 1. The van der Waals surface area contributed by atoms with Gasteiger partial charge in [-0.15, -0.1) is 11.3 Å². The van der Waals surface area contributed by atoms with Crippen molar-refractivity contribution < 1.29 is 4.79 Å². The number of aryl methyl sites for hydroxylation is 2. The highest BCUT2D eigenvalue weighted by Gasteiger charge is 2.21. The predicted molar refractivity (Wildman–Crippen MR) is 110 cm³/mol.